The third kappa shape index (κ3) is 3.72. The van der Waals surface area contributed by atoms with Gasteiger partial charge in [-0.1, -0.05) is 34.1 Å². The van der Waals surface area contributed by atoms with Gasteiger partial charge in [-0.15, -0.1) is 0 Å². The molecule has 0 saturated carbocycles. The number of hydrogen-bond acceptors (Lipinski definition) is 4. The van der Waals surface area contributed by atoms with Crippen LogP contribution in [0.1, 0.15) is 22.7 Å². The average Bonchev–Trinajstić information content (AvgIpc) is 3.01. The summed E-state index contributed by atoms with van der Waals surface area (Å²) in [5.41, 5.74) is 1.98. The Kier molecular flexibility index (Phi) is 5.37. The molecule has 3 aromatic rings. The van der Waals surface area contributed by atoms with Crippen LogP contribution in [0.3, 0.4) is 0 Å². The topological polar surface area (TPSA) is 77.8 Å². The molecule has 1 saturated heterocycles. The van der Waals surface area contributed by atoms with Crippen molar-refractivity contribution in [2.75, 3.05) is 4.90 Å². The van der Waals surface area contributed by atoms with E-state index in [0.29, 0.717) is 16.8 Å². The van der Waals surface area contributed by atoms with Crippen LogP contribution in [0.4, 0.5) is 10.1 Å². The molecule has 5 nitrogen and oxygen atoms in total. The summed E-state index contributed by atoms with van der Waals surface area (Å²) in [5, 5.41) is 20.7. The van der Waals surface area contributed by atoms with Crippen LogP contribution in [0.5, 0.6) is 5.75 Å². The maximum Gasteiger partial charge on any atom is 0.300 e. The second-order valence-electron chi connectivity index (χ2n) is 7.20. The second-order valence-corrected chi connectivity index (χ2v) is 8.06. The van der Waals surface area contributed by atoms with Gasteiger partial charge in [0.05, 0.1) is 11.6 Å². The normalized spacial score (nSPS) is 17.9. The number of hydrogen-bond donors (Lipinski definition) is 2. The number of aliphatic hydroxyl groups excluding tert-OH is 1. The number of carbonyl (C=O) groups is 2. The number of phenols is 1. The van der Waals surface area contributed by atoms with Crippen LogP contribution >= 0.6 is 15.9 Å². The number of nitrogens with zero attached hydrogens (tertiary/aromatic N) is 1. The molecule has 2 N–H and O–H groups in total. The van der Waals surface area contributed by atoms with Crippen LogP contribution in [-0.4, -0.2) is 21.9 Å². The van der Waals surface area contributed by atoms with Crippen LogP contribution < -0.4 is 4.90 Å². The van der Waals surface area contributed by atoms with Gasteiger partial charge in [-0.2, -0.15) is 0 Å². The molecule has 0 radical (unpaired) electrons. The van der Waals surface area contributed by atoms with Crippen LogP contribution in [0.25, 0.3) is 5.76 Å². The van der Waals surface area contributed by atoms with Crippen LogP contribution in [0, 0.1) is 12.7 Å². The number of Topliss-reactive ketones (excluding diaryl/α,β-unsaturated/α-hetero) is 1. The molecular formula is C24H17BrFNO4. The lowest BCUT2D eigenvalue weighted by atomic mass is 9.94. The predicted molar refractivity (Wildman–Crippen MR) is 118 cm³/mol. The van der Waals surface area contributed by atoms with Crippen molar-refractivity contribution in [3.8, 4) is 5.75 Å². The number of phenolic OH excluding ortho intramolecular Hbond substituents is 1. The molecule has 3 aromatic carbocycles. The van der Waals surface area contributed by atoms with Crippen molar-refractivity contribution in [2.45, 2.75) is 13.0 Å². The number of amides is 1. The lowest BCUT2D eigenvalue weighted by Crippen LogP contribution is -2.29. The van der Waals surface area contributed by atoms with E-state index in [4.69, 9.17) is 0 Å². The molecule has 0 bridgehead atoms. The summed E-state index contributed by atoms with van der Waals surface area (Å²) in [6.45, 7) is 1.84. The minimum atomic E-state index is -0.949. The van der Waals surface area contributed by atoms with E-state index in [1.807, 2.05) is 6.92 Å². The lowest BCUT2D eigenvalue weighted by Gasteiger charge is -2.25. The van der Waals surface area contributed by atoms with Crippen molar-refractivity contribution in [1.82, 2.24) is 0 Å². The average molecular weight is 482 g/mol. The van der Waals surface area contributed by atoms with Gasteiger partial charge in [-0.05, 0) is 66.6 Å². The van der Waals surface area contributed by atoms with Gasteiger partial charge in [-0.3, -0.25) is 14.5 Å². The molecule has 0 aliphatic carbocycles. The Morgan fingerprint density at radius 1 is 1.00 bits per heavy atom. The van der Waals surface area contributed by atoms with E-state index < -0.39 is 23.5 Å². The summed E-state index contributed by atoms with van der Waals surface area (Å²) in [7, 11) is 0. The third-order valence-electron chi connectivity index (χ3n) is 5.19. The van der Waals surface area contributed by atoms with E-state index in [-0.39, 0.29) is 17.1 Å². The third-order valence-corrected chi connectivity index (χ3v) is 6.08. The number of carbonyl (C=O) groups excluding carboxylic acids is 2. The molecule has 1 fully saturated rings. The molecule has 0 spiro atoms. The molecule has 1 atom stereocenters. The fraction of sp³-hybridized carbons (Fsp3) is 0.0833. The predicted octanol–water partition coefficient (Wildman–Crippen LogP) is 5.23. The van der Waals surface area contributed by atoms with E-state index in [0.717, 1.165) is 10.0 Å². The standard InChI is InChI=1S/C24H17BrFNO4/c1-13-12-15(4-11-19(13)25)22(29)20-21(14-2-9-18(28)10-3-14)27(24(31)23(20)30)17-7-5-16(26)6-8-17/h2-12,21,28-29H,1H3/b22-20-. The molecule has 1 unspecified atom stereocenters. The SMILES string of the molecule is Cc1cc(/C(O)=C2/C(=O)C(=O)N(c3ccc(F)cc3)C2c2ccc(O)cc2)ccc1Br. The Labute approximate surface area is 186 Å². The molecule has 4 rings (SSSR count). The number of benzene rings is 3. The molecule has 31 heavy (non-hydrogen) atoms. The van der Waals surface area contributed by atoms with E-state index in [1.165, 1.54) is 41.3 Å². The van der Waals surface area contributed by atoms with Crippen LogP contribution in [-0.2, 0) is 9.59 Å². The second kappa shape index (κ2) is 8.00. The van der Waals surface area contributed by atoms with Crippen LogP contribution in [0.15, 0.2) is 76.8 Å². The van der Waals surface area contributed by atoms with Gasteiger partial charge in [0, 0.05) is 15.7 Å². The van der Waals surface area contributed by atoms with Crippen molar-refractivity contribution < 1.29 is 24.2 Å². The van der Waals surface area contributed by atoms with Gasteiger partial charge in [0.1, 0.15) is 17.3 Å². The maximum atomic E-state index is 13.5. The maximum absolute atomic E-state index is 13.5. The van der Waals surface area contributed by atoms with E-state index >= 15 is 0 Å². The summed E-state index contributed by atoms with van der Waals surface area (Å²) in [4.78, 5) is 27.2. The number of anilines is 1. The van der Waals surface area contributed by atoms with Gasteiger partial charge in [0.15, 0.2) is 0 Å². The number of ketones is 1. The molecule has 1 aliphatic rings. The molecule has 1 amide bonds. The zero-order chi connectivity index (χ0) is 22.3. The van der Waals surface area contributed by atoms with Gasteiger partial charge in [-0.25, -0.2) is 4.39 Å². The summed E-state index contributed by atoms with van der Waals surface area (Å²) < 4.78 is 14.3. The van der Waals surface area contributed by atoms with E-state index in [9.17, 15) is 24.2 Å². The monoisotopic (exact) mass is 481 g/mol. The smallest absolute Gasteiger partial charge is 0.300 e. The van der Waals surface area contributed by atoms with E-state index in [2.05, 4.69) is 15.9 Å². The highest BCUT2D eigenvalue weighted by atomic mass is 79.9. The van der Waals surface area contributed by atoms with Gasteiger partial charge >= 0.3 is 0 Å². The minimum absolute atomic E-state index is 0.0195. The Hall–Kier alpha value is -3.45. The summed E-state index contributed by atoms with van der Waals surface area (Å²) in [5.74, 6) is -2.45. The zero-order valence-electron chi connectivity index (χ0n) is 16.3. The molecular weight excluding hydrogens is 465 g/mol. The molecule has 1 heterocycles. The number of rotatable bonds is 3. The fourth-order valence-electron chi connectivity index (χ4n) is 3.62. The largest absolute Gasteiger partial charge is 0.508 e. The van der Waals surface area contributed by atoms with Crippen molar-refractivity contribution >= 4 is 39.1 Å². The minimum Gasteiger partial charge on any atom is -0.508 e. The molecule has 7 heteroatoms. The Bertz CT molecular complexity index is 1220. The van der Waals surface area contributed by atoms with Gasteiger partial charge in [0.25, 0.3) is 11.7 Å². The number of halogens is 2. The summed E-state index contributed by atoms with van der Waals surface area (Å²) >= 11 is 3.40. The number of aryl methyl sites for hydroxylation is 1. The highest BCUT2D eigenvalue weighted by molar-refractivity contribution is 9.10. The molecule has 156 valence electrons. The van der Waals surface area contributed by atoms with Crippen molar-refractivity contribution in [3.63, 3.8) is 0 Å². The Morgan fingerprint density at radius 2 is 1.65 bits per heavy atom. The Morgan fingerprint density at radius 3 is 2.26 bits per heavy atom. The summed E-state index contributed by atoms with van der Waals surface area (Å²) in [6.07, 6.45) is 0. The highest BCUT2D eigenvalue weighted by Gasteiger charge is 2.47. The van der Waals surface area contributed by atoms with E-state index in [1.54, 1.807) is 30.3 Å². The van der Waals surface area contributed by atoms with Gasteiger partial charge < -0.3 is 10.2 Å². The van der Waals surface area contributed by atoms with Crippen molar-refractivity contribution in [2.24, 2.45) is 0 Å². The first-order valence-electron chi connectivity index (χ1n) is 9.40. The Balaban J connectivity index is 1.94. The highest BCUT2D eigenvalue weighted by Crippen LogP contribution is 2.42. The van der Waals surface area contributed by atoms with Crippen molar-refractivity contribution in [3.05, 3.63) is 99.3 Å². The van der Waals surface area contributed by atoms with Gasteiger partial charge in [0.2, 0.25) is 0 Å². The first-order valence-corrected chi connectivity index (χ1v) is 10.2. The lowest BCUT2D eigenvalue weighted by molar-refractivity contribution is -0.132. The zero-order valence-corrected chi connectivity index (χ0v) is 17.9. The molecule has 0 aromatic heterocycles. The summed E-state index contributed by atoms with van der Waals surface area (Å²) in [6, 6.07) is 15.4. The first kappa shape index (κ1) is 20.8. The molecule has 1 aliphatic heterocycles. The number of aliphatic hydroxyl groups is 1. The first-order chi connectivity index (χ1) is 14.8. The van der Waals surface area contributed by atoms with Crippen molar-refractivity contribution in [1.29, 1.82) is 0 Å². The quantitative estimate of drug-likeness (QED) is 0.305. The number of aromatic hydroxyl groups is 1. The fourth-order valence-corrected chi connectivity index (χ4v) is 3.87. The van der Waals surface area contributed by atoms with Crippen LogP contribution in [0.2, 0.25) is 0 Å².